The first-order valence-electron chi connectivity index (χ1n) is 6.95. The number of hydrogen-bond acceptors (Lipinski definition) is 3. The van der Waals surface area contributed by atoms with Crippen LogP contribution in [0.4, 0.5) is 0 Å². The molecule has 0 fully saturated rings. The Morgan fingerprint density at radius 1 is 1.24 bits per heavy atom. The van der Waals surface area contributed by atoms with Crippen molar-refractivity contribution in [3.63, 3.8) is 0 Å². The van der Waals surface area contributed by atoms with Crippen molar-refractivity contribution in [2.24, 2.45) is 0 Å². The fourth-order valence-corrected chi connectivity index (χ4v) is 2.38. The van der Waals surface area contributed by atoms with Crippen LogP contribution in [0.5, 0.6) is 0 Å². The van der Waals surface area contributed by atoms with Gasteiger partial charge in [0.25, 0.3) is 0 Å². The van der Waals surface area contributed by atoms with Crippen molar-refractivity contribution < 1.29 is 0 Å². The fourth-order valence-electron chi connectivity index (χ4n) is 2.38. The van der Waals surface area contributed by atoms with Crippen molar-refractivity contribution in [2.45, 2.75) is 13.1 Å². The predicted molar refractivity (Wildman–Crippen MR) is 82.6 cm³/mol. The van der Waals surface area contributed by atoms with E-state index in [4.69, 9.17) is 5.26 Å². The van der Waals surface area contributed by atoms with E-state index in [1.807, 2.05) is 30.5 Å². The SMILES string of the molecule is N#Cc1ccc2ccn(CCNCc3cccnc3)c2c1. The minimum Gasteiger partial charge on any atom is -0.346 e. The Bertz CT molecular complexity index is 768. The first kappa shape index (κ1) is 13.3. The summed E-state index contributed by atoms with van der Waals surface area (Å²) in [5.74, 6) is 0. The lowest BCUT2D eigenvalue weighted by Crippen LogP contribution is -2.19. The second-order valence-corrected chi connectivity index (χ2v) is 4.93. The van der Waals surface area contributed by atoms with Gasteiger partial charge in [-0.25, -0.2) is 0 Å². The maximum Gasteiger partial charge on any atom is 0.0992 e. The first-order valence-corrected chi connectivity index (χ1v) is 6.95. The van der Waals surface area contributed by atoms with E-state index in [-0.39, 0.29) is 0 Å². The zero-order valence-corrected chi connectivity index (χ0v) is 11.7. The van der Waals surface area contributed by atoms with Gasteiger partial charge in [-0.05, 0) is 35.2 Å². The van der Waals surface area contributed by atoms with Crippen LogP contribution in [0.25, 0.3) is 10.9 Å². The van der Waals surface area contributed by atoms with Crippen molar-refractivity contribution in [3.8, 4) is 6.07 Å². The van der Waals surface area contributed by atoms with Gasteiger partial charge in [0.1, 0.15) is 0 Å². The lowest BCUT2D eigenvalue weighted by molar-refractivity contribution is 0.608. The summed E-state index contributed by atoms with van der Waals surface area (Å²) in [6.45, 7) is 2.56. The maximum absolute atomic E-state index is 8.99. The average molecular weight is 276 g/mol. The molecule has 2 heterocycles. The lowest BCUT2D eigenvalue weighted by Gasteiger charge is -2.07. The van der Waals surface area contributed by atoms with Gasteiger partial charge in [-0.15, -0.1) is 0 Å². The highest BCUT2D eigenvalue weighted by molar-refractivity contribution is 5.81. The second kappa shape index (κ2) is 6.21. The number of rotatable bonds is 5. The summed E-state index contributed by atoms with van der Waals surface area (Å²) in [5.41, 5.74) is 2.99. The molecular formula is C17H16N4. The average Bonchev–Trinajstić information content (AvgIpc) is 2.95. The van der Waals surface area contributed by atoms with Gasteiger partial charge < -0.3 is 9.88 Å². The second-order valence-electron chi connectivity index (χ2n) is 4.93. The van der Waals surface area contributed by atoms with Crippen LogP contribution < -0.4 is 5.32 Å². The molecule has 4 heteroatoms. The van der Waals surface area contributed by atoms with E-state index in [1.54, 1.807) is 6.20 Å². The Morgan fingerprint density at radius 3 is 3.00 bits per heavy atom. The quantitative estimate of drug-likeness (QED) is 0.729. The van der Waals surface area contributed by atoms with Crippen molar-refractivity contribution in [3.05, 3.63) is 66.1 Å². The highest BCUT2D eigenvalue weighted by atomic mass is 15.0. The molecule has 0 bridgehead atoms. The molecule has 4 nitrogen and oxygen atoms in total. The standard InChI is InChI=1S/C17H16N4/c18-11-14-3-4-16-5-8-21(17(16)10-14)9-7-20-13-15-2-1-6-19-12-15/h1-6,8,10,12,20H,7,9,13H2. The Labute approximate surface area is 123 Å². The molecule has 0 aliphatic rings. The third-order valence-corrected chi connectivity index (χ3v) is 3.48. The fraction of sp³-hybridized carbons (Fsp3) is 0.176. The van der Waals surface area contributed by atoms with Gasteiger partial charge in [-0.2, -0.15) is 5.26 Å². The van der Waals surface area contributed by atoms with Crippen LogP contribution >= 0.6 is 0 Å². The number of nitrogens with one attached hydrogen (secondary N) is 1. The van der Waals surface area contributed by atoms with Crippen LogP contribution in [-0.2, 0) is 13.1 Å². The monoisotopic (exact) mass is 276 g/mol. The molecule has 0 amide bonds. The molecule has 0 unspecified atom stereocenters. The predicted octanol–water partition coefficient (Wildman–Crippen LogP) is 2.70. The van der Waals surface area contributed by atoms with E-state index in [0.29, 0.717) is 5.56 Å². The van der Waals surface area contributed by atoms with E-state index >= 15 is 0 Å². The van der Waals surface area contributed by atoms with E-state index in [2.05, 4.69) is 39.3 Å². The van der Waals surface area contributed by atoms with Crippen LogP contribution in [-0.4, -0.2) is 16.1 Å². The largest absolute Gasteiger partial charge is 0.346 e. The molecule has 1 aromatic carbocycles. The topological polar surface area (TPSA) is 53.6 Å². The number of hydrogen-bond donors (Lipinski definition) is 1. The zero-order chi connectivity index (χ0) is 14.5. The summed E-state index contributed by atoms with van der Waals surface area (Å²) in [7, 11) is 0. The van der Waals surface area contributed by atoms with E-state index < -0.39 is 0 Å². The van der Waals surface area contributed by atoms with Crippen molar-refractivity contribution in [1.29, 1.82) is 5.26 Å². The summed E-state index contributed by atoms with van der Waals surface area (Å²) in [4.78, 5) is 4.10. The number of nitriles is 1. The van der Waals surface area contributed by atoms with Crippen LogP contribution in [0.1, 0.15) is 11.1 Å². The third kappa shape index (κ3) is 3.10. The van der Waals surface area contributed by atoms with Gasteiger partial charge in [0.2, 0.25) is 0 Å². The summed E-state index contributed by atoms with van der Waals surface area (Å²) in [6, 6.07) is 14.1. The number of aromatic nitrogens is 2. The number of pyridine rings is 1. The maximum atomic E-state index is 8.99. The molecule has 0 spiro atoms. The number of nitrogens with zero attached hydrogens (tertiary/aromatic N) is 3. The normalized spacial score (nSPS) is 10.6. The molecular weight excluding hydrogens is 260 g/mol. The minimum absolute atomic E-state index is 0.700. The molecule has 104 valence electrons. The van der Waals surface area contributed by atoms with Crippen molar-refractivity contribution in [2.75, 3.05) is 6.54 Å². The molecule has 21 heavy (non-hydrogen) atoms. The molecule has 2 aromatic heterocycles. The van der Waals surface area contributed by atoms with E-state index in [9.17, 15) is 0 Å². The van der Waals surface area contributed by atoms with Gasteiger partial charge in [0.15, 0.2) is 0 Å². The minimum atomic E-state index is 0.700. The lowest BCUT2D eigenvalue weighted by atomic mass is 10.2. The summed E-state index contributed by atoms with van der Waals surface area (Å²) < 4.78 is 2.17. The summed E-state index contributed by atoms with van der Waals surface area (Å²) in [5, 5.41) is 13.6. The highest BCUT2D eigenvalue weighted by Crippen LogP contribution is 2.17. The molecule has 0 radical (unpaired) electrons. The van der Waals surface area contributed by atoms with Gasteiger partial charge >= 0.3 is 0 Å². The van der Waals surface area contributed by atoms with Gasteiger partial charge in [-0.1, -0.05) is 12.1 Å². The van der Waals surface area contributed by atoms with Crippen LogP contribution in [0, 0.1) is 11.3 Å². The molecule has 0 atom stereocenters. The molecule has 0 saturated carbocycles. The molecule has 0 aliphatic heterocycles. The van der Waals surface area contributed by atoms with Crippen LogP contribution in [0.3, 0.4) is 0 Å². The molecule has 1 N–H and O–H groups in total. The van der Waals surface area contributed by atoms with Crippen LogP contribution in [0.2, 0.25) is 0 Å². The number of benzene rings is 1. The van der Waals surface area contributed by atoms with Gasteiger partial charge in [0.05, 0.1) is 11.6 Å². The Morgan fingerprint density at radius 2 is 2.19 bits per heavy atom. The highest BCUT2D eigenvalue weighted by Gasteiger charge is 2.02. The van der Waals surface area contributed by atoms with E-state index in [1.165, 1.54) is 10.9 Å². The van der Waals surface area contributed by atoms with Crippen LogP contribution in [0.15, 0.2) is 55.0 Å². The van der Waals surface area contributed by atoms with Crippen molar-refractivity contribution in [1.82, 2.24) is 14.9 Å². The summed E-state index contributed by atoms with van der Waals surface area (Å²) in [6.07, 6.45) is 5.72. The molecule has 3 aromatic rings. The van der Waals surface area contributed by atoms with Gasteiger partial charge in [-0.3, -0.25) is 4.98 Å². The third-order valence-electron chi connectivity index (χ3n) is 3.48. The molecule has 0 aliphatic carbocycles. The Hall–Kier alpha value is -2.64. The Kier molecular flexibility index (Phi) is 3.95. The summed E-state index contributed by atoms with van der Waals surface area (Å²) >= 11 is 0. The zero-order valence-electron chi connectivity index (χ0n) is 11.7. The first-order chi connectivity index (χ1) is 10.4. The Balaban J connectivity index is 1.62. The smallest absolute Gasteiger partial charge is 0.0992 e. The van der Waals surface area contributed by atoms with E-state index in [0.717, 1.165) is 25.2 Å². The van der Waals surface area contributed by atoms with Crippen molar-refractivity contribution >= 4 is 10.9 Å². The molecule has 0 saturated heterocycles. The number of fused-ring (bicyclic) bond motifs is 1. The molecule has 3 rings (SSSR count). The van der Waals surface area contributed by atoms with Gasteiger partial charge in [0, 0.05) is 43.7 Å².